The molecule has 136 valence electrons. The third-order valence-electron chi connectivity index (χ3n) is 4.61. The van der Waals surface area contributed by atoms with Crippen LogP contribution in [0, 0.1) is 5.92 Å². The lowest BCUT2D eigenvalue weighted by Gasteiger charge is -2.26. The molecule has 0 aromatic heterocycles. The molecule has 1 amide bonds. The van der Waals surface area contributed by atoms with Gasteiger partial charge in [-0.1, -0.05) is 12.1 Å². The minimum atomic E-state index is -0.126. The number of carbonyl (C=O) groups excluding carboxylic acids is 1. The minimum absolute atomic E-state index is 0.126. The molecule has 0 bridgehead atoms. The van der Waals surface area contributed by atoms with Crippen LogP contribution in [-0.2, 0) is 6.42 Å². The number of methoxy groups -OCH3 is 1. The maximum absolute atomic E-state index is 12.5. The Hall–Kier alpha value is -2.89. The van der Waals surface area contributed by atoms with Crippen LogP contribution in [0.5, 0.6) is 23.0 Å². The molecular weight excluding hydrogens is 334 g/mol. The Morgan fingerprint density at radius 2 is 2.00 bits per heavy atom. The van der Waals surface area contributed by atoms with Gasteiger partial charge < -0.3 is 24.3 Å². The second-order valence-corrected chi connectivity index (χ2v) is 6.40. The Labute approximate surface area is 152 Å². The molecule has 0 radical (unpaired) electrons. The summed E-state index contributed by atoms with van der Waals surface area (Å²) in [5, 5.41) is 2.99. The van der Waals surface area contributed by atoms with Crippen LogP contribution in [0.2, 0.25) is 0 Å². The molecule has 4 rings (SSSR count). The summed E-state index contributed by atoms with van der Waals surface area (Å²) in [6.45, 7) is 2.13. The Morgan fingerprint density at radius 1 is 1.15 bits per heavy atom. The summed E-state index contributed by atoms with van der Waals surface area (Å²) in [5.41, 5.74) is 1.67. The first-order valence-electron chi connectivity index (χ1n) is 8.71. The highest BCUT2D eigenvalue weighted by atomic mass is 16.6. The van der Waals surface area contributed by atoms with Crippen molar-refractivity contribution in [2.45, 2.75) is 6.42 Å². The molecular formula is C20H21NO5. The van der Waals surface area contributed by atoms with Crippen LogP contribution in [0.1, 0.15) is 15.9 Å². The van der Waals surface area contributed by atoms with Crippen LogP contribution >= 0.6 is 0 Å². The van der Waals surface area contributed by atoms with Gasteiger partial charge in [-0.15, -0.1) is 0 Å². The van der Waals surface area contributed by atoms with Gasteiger partial charge in [-0.2, -0.15) is 0 Å². The number of carbonyl (C=O) groups is 1. The van der Waals surface area contributed by atoms with Crippen molar-refractivity contribution >= 4 is 5.91 Å². The second kappa shape index (κ2) is 7.15. The van der Waals surface area contributed by atoms with E-state index >= 15 is 0 Å². The van der Waals surface area contributed by atoms with Crippen molar-refractivity contribution in [1.82, 2.24) is 5.32 Å². The third-order valence-corrected chi connectivity index (χ3v) is 4.61. The zero-order valence-electron chi connectivity index (χ0n) is 14.6. The second-order valence-electron chi connectivity index (χ2n) is 6.40. The standard InChI is InChI=1S/C20H21NO5/c1-23-17-4-2-3-14-9-13(12-26-19(14)17)11-21-20(22)15-5-6-16-18(10-15)25-8-7-24-16/h2-6,10,13H,7-9,11-12H2,1H3,(H,21,22). The predicted octanol–water partition coefficient (Wildman–Crippen LogP) is 2.45. The molecule has 1 unspecified atom stereocenters. The molecule has 1 N–H and O–H groups in total. The lowest BCUT2D eigenvalue weighted by atomic mass is 9.96. The number of para-hydroxylation sites is 1. The molecule has 2 aliphatic heterocycles. The normalized spacial score (nSPS) is 17.7. The van der Waals surface area contributed by atoms with Gasteiger partial charge in [0.25, 0.3) is 5.91 Å². The number of fused-ring (bicyclic) bond motifs is 2. The fraction of sp³-hybridized carbons (Fsp3) is 0.350. The summed E-state index contributed by atoms with van der Waals surface area (Å²) in [6.07, 6.45) is 0.841. The zero-order valence-corrected chi connectivity index (χ0v) is 14.6. The highest BCUT2D eigenvalue weighted by Gasteiger charge is 2.23. The molecule has 0 fully saturated rings. The highest BCUT2D eigenvalue weighted by molar-refractivity contribution is 5.94. The molecule has 2 aromatic carbocycles. The van der Waals surface area contributed by atoms with Gasteiger partial charge in [0.1, 0.15) is 13.2 Å². The van der Waals surface area contributed by atoms with Gasteiger partial charge in [0.2, 0.25) is 0 Å². The molecule has 6 nitrogen and oxygen atoms in total. The van der Waals surface area contributed by atoms with Crippen LogP contribution in [0.15, 0.2) is 36.4 Å². The number of benzene rings is 2. The fourth-order valence-corrected chi connectivity index (χ4v) is 3.27. The maximum atomic E-state index is 12.5. The molecule has 2 aliphatic rings. The largest absolute Gasteiger partial charge is 0.493 e. The van der Waals surface area contributed by atoms with Crippen LogP contribution in [-0.4, -0.2) is 39.4 Å². The first kappa shape index (κ1) is 16.6. The van der Waals surface area contributed by atoms with Crippen molar-refractivity contribution in [3.63, 3.8) is 0 Å². The summed E-state index contributed by atoms with van der Waals surface area (Å²) in [6, 6.07) is 11.1. The SMILES string of the molecule is COc1cccc2c1OCC(CNC(=O)c1ccc3c(c1)OCCO3)C2. The highest BCUT2D eigenvalue weighted by Crippen LogP contribution is 2.36. The number of hydrogen-bond acceptors (Lipinski definition) is 5. The monoisotopic (exact) mass is 355 g/mol. The van der Waals surface area contributed by atoms with Crippen molar-refractivity contribution in [3.05, 3.63) is 47.5 Å². The Kier molecular flexibility index (Phi) is 4.56. The van der Waals surface area contributed by atoms with Crippen LogP contribution in [0.3, 0.4) is 0 Å². The lowest BCUT2D eigenvalue weighted by molar-refractivity contribution is 0.0937. The van der Waals surface area contributed by atoms with Gasteiger partial charge in [0, 0.05) is 18.0 Å². The molecule has 2 aromatic rings. The summed E-state index contributed by atoms with van der Waals surface area (Å²) in [4.78, 5) is 12.5. The number of rotatable bonds is 4. The van der Waals surface area contributed by atoms with E-state index in [2.05, 4.69) is 5.32 Å². The molecule has 26 heavy (non-hydrogen) atoms. The minimum Gasteiger partial charge on any atom is -0.493 e. The molecule has 0 spiro atoms. The van der Waals surface area contributed by atoms with E-state index in [9.17, 15) is 4.79 Å². The molecule has 0 saturated heterocycles. The average molecular weight is 355 g/mol. The molecule has 0 aliphatic carbocycles. The van der Waals surface area contributed by atoms with E-state index in [4.69, 9.17) is 18.9 Å². The zero-order chi connectivity index (χ0) is 17.9. The number of ether oxygens (including phenoxy) is 4. The number of amides is 1. The van der Waals surface area contributed by atoms with Crippen molar-refractivity contribution in [2.75, 3.05) is 33.5 Å². The van der Waals surface area contributed by atoms with Gasteiger partial charge in [-0.25, -0.2) is 0 Å². The lowest BCUT2D eigenvalue weighted by Crippen LogP contribution is -2.35. The van der Waals surface area contributed by atoms with E-state index in [0.29, 0.717) is 43.4 Å². The van der Waals surface area contributed by atoms with E-state index in [1.54, 1.807) is 25.3 Å². The van der Waals surface area contributed by atoms with Gasteiger partial charge in [0.05, 0.1) is 13.7 Å². The smallest absolute Gasteiger partial charge is 0.251 e. The van der Waals surface area contributed by atoms with E-state index in [1.807, 2.05) is 18.2 Å². The van der Waals surface area contributed by atoms with Crippen molar-refractivity contribution in [3.8, 4) is 23.0 Å². The molecule has 6 heteroatoms. The van der Waals surface area contributed by atoms with Crippen molar-refractivity contribution < 1.29 is 23.7 Å². The van der Waals surface area contributed by atoms with Gasteiger partial charge in [-0.3, -0.25) is 4.79 Å². The van der Waals surface area contributed by atoms with Crippen molar-refractivity contribution in [2.24, 2.45) is 5.92 Å². The molecule has 1 atom stereocenters. The maximum Gasteiger partial charge on any atom is 0.251 e. The Balaban J connectivity index is 1.38. The number of hydrogen-bond donors (Lipinski definition) is 1. The topological polar surface area (TPSA) is 66.0 Å². The Bertz CT molecular complexity index is 820. The van der Waals surface area contributed by atoms with E-state index in [-0.39, 0.29) is 11.8 Å². The fourth-order valence-electron chi connectivity index (χ4n) is 3.27. The van der Waals surface area contributed by atoms with E-state index in [0.717, 1.165) is 23.5 Å². The quantitative estimate of drug-likeness (QED) is 0.913. The summed E-state index contributed by atoms with van der Waals surface area (Å²) >= 11 is 0. The van der Waals surface area contributed by atoms with Gasteiger partial charge in [-0.05, 0) is 36.2 Å². The van der Waals surface area contributed by atoms with Crippen LogP contribution in [0.25, 0.3) is 0 Å². The average Bonchev–Trinajstić information content (AvgIpc) is 2.70. The third kappa shape index (κ3) is 3.27. The van der Waals surface area contributed by atoms with E-state index in [1.165, 1.54) is 0 Å². The van der Waals surface area contributed by atoms with Crippen LogP contribution < -0.4 is 24.3 Å². The summed E-state index contributed by atoms with van der Waals surface area (Å²) in [7, 11) is 1.64. The Morgan fingerprint density at radius 3 is 2.85 bits per heavy atom. The predicted molar refractivity (Wildman–Crippen MR) is 95.4 cm³/mol. The van der Waals surface area contributed by atoms with Gasteiger partial charge in [0.15, 0.2) is 23.0 Å². The van der Waals surface area contributed by atoms with Crippen molar-refractivity contribution in [1.29, 1.82) is 0 Å². The summed E-state index contributed by atoms with van der Waals surface area (Å²) in [5.74, 6) is 2.95. The van der Waals surface area contributed by atoms with Gasteiger partial charge >= 0.3 is 0 Å². The van der Waals surface area contributed by atoms with Crippen LogP contribution in [0.4, 0.5) is 0 Å². The van der Waals surface area contributed by atoms with E-state index < -0.39 is 0 Å². The molecule has 0 saturated carbocycles. The number of nitrogens with one attached hydrogen (secondary N) is 1. The summed E-state index contributed by atoms with van der Waals surface area (Å²) < 4.78 is 22.2. The molecule has 2 heterocycles. The first-order valence-corrected chi connectivity index (χ1v) is 8.71. The first-order chi connectivity index (χ1) is 12.7.